The molecule has 0 unspecified atom stereocenters. The predicted molar refractivity (Wildman–Crippen MR) is 51.2 cm³/mol. The maximum absolute atomic E-state index is 4.17. The molecule has 0 fully saturated rings. The highest BCUT2D eigenvalue weighted by Crippen LogP contribution is 2.03. The molecule has 0 atom stereocenters. The standard InChI is InChI=1S/C9H15N3/c1-4-12-6-5-10-9(12)11-7-8(2)3/h5-6H,2,4,7H2,1,3H3,(H,10,11). The summed E-state index contributed by atoms with van der Waals surface area (Å²) >= 11 is 0. The van der Waals surface area contributed by atoms with E-state index >= 15 is 0 Å². The van der Waals surface area contributed by atoms with E-state index in [1.165, 1.54) is 0 Å². The van der Waals surface area contributed by atoms with Crippen molar-refractivity contribution in [3.8, 4) is 0 Å². The van der Waals surface area contributed by atoms with Gasteiger partial charge in [0, 0.05) is 25.5 Å². The van der Waals surface area contributed by atoms with Gasteiger partial charge in [0.25, 0.3) is 0 Å². The summed E-state index contributed by atoms with van der Waals surface area (Å²) in [5.41, 5.74) is 1.11. The molecule has 1 rings (SSSR count). The molecule has 12 heavy (non-hydrogen) atoms. The van der Waals surface area contributed by atoms with E-state index < -0.39 is 0 Å². The van der Waals surface area contributed by atoms with Crippen molar-refractivity contribution in [1.29, 1.82) is 0 Å². The number of rotatable bonds is 4. The van der Waals surface area contributed by atoms with E-state index in [4.69, 9.17) is 0 Å². The Morgan fingerprint density at radius 2 is 2.50 bits per heavy atom. The summed E-state index contributed by atoms with van der Waals surface area (Å²) in [6.07, 6.45) is 3.75. The van der Waals surface area contributed by atoms with E-state index in [1.54, 1.807) is 6.20 Å². The van der Waals surface area contributed by atoms with Crippen molar-refractivity contribution < 1.29 is 0 Å². The summed E-state index contributed by atoms with van der Waals surface area (Å²) in [5.74, 6) is 0.917. The molecular weight excluding hydrogens is 150 g/mol. The van der Waals surface area contributed by atoms with Gasteiger partial charge in [-0.3, -0.25) is 0 Å². The molecular formula is C9H15N3. The van der Waals surface area contributed by atoms with Crippen molar-refractivity contribution in [3.63, 3.8) is 0 Å². The van der Waals surface area contributed by atoms with Crippen LogP contribution in [0.4, 0.5) is 5.95 Å². The predicted octanol–water partition coefficient (Wildman–Crippen LogP) is 1.89. The lowest BCUT2D eigenvalue weighted by atomic mass is 10.3. The molecule has 0 amide bonds. The Morgan fingerprint density at radius 3 is 3.08 bits per heavy atom. The number of aryl methyl sites for hydroxylation is 1. The van der Waals surface area contributed by atoms with E-state index in [-0.39, 0.29) is 0 Å². The van der Waals surface area contributed by atoms with Gasteiger partial charge < -0.3 is 9.88 Å². The number of hydrogen-bond acceptors (Lipinski definition) is 2. The lowest BCUT2D eigenvalue weighted by Gasteiger charge is -2.06. The molecule has 0 saturated heterocycles. The van der Waals surface area contributed by atoms with Crippen LogP contribution in [0, 0.1) is 0 Å². The Hall–Kier alpha value is -1.25. The molecule has 1 aromatic rings. The minimum absolute atomic E-state index is 0.789. The highest BCUT2D eigenvalue weighted by molar-refractivity contribution is 5.27. The second kappa shape index (κ2) is 3.95. The van der Waals surface area contributed by atoms with Gasteiger partial charge in [0.1, 0.15) is 0 Å². The van der Waals surface area contributed by atoms with E-state index in [0.29, 0.717) is 0 Å². The van der Waals surface area contributed by atoms with Crippen LogP contribution in [-0.4, -0.2) is 16.1 Å². The minimum atomic E-state index is 0.789. The molecule has 1 heterocycles. The highest BCUT2D eigenvalue weighted by atomic mass is 15.2. The molecule has 0 aliphatic heterocycles. The molecule has 0 spiro atoms. The molecule has 1 aromatic heterocycles. The van der Waals surface area contributed by atoms with Crippen LogP contribution in [0.2, 0.25) is 0 Å². The number of hydrogen-bond donors (Lipinski definition) is 1. The Bertz CT molecular complexity index is 262. The highest BCUT2D eigenvalue weighted by Gasteiger charge is 1.97. The number of imidazole rings is 1. The first-order chi connectivity index (χ1) is 5.74. The SMILES string of the molecule is C=C(C)CNc1nccn1CC. The summed E-state index contributed by atoms with van der Waals surface area (Å²) in [6.45, 7) is 9.63. The summed E-state index contributed by atoms with van der Waals surface area (Å²) in [5, 5.41) is 3.20. The van der Waals surface area contributed by atoms with Crippen LogP contribution in [0.5, 0.6) is 0 Å². The number of anilines is 1. The van der Waals surface area contributed by atoms with Crippen molar-refractivity contribution >= 4 is 5.95 Å². The molecule has 1 N–H and O–H groups in total. The van der Waals surface area contributed by atoms with E-state index in [2.05, 4.69) is 28.4 Å². The topological polar surface area (TPSA) is 29.9 Å². The first-order valence-electron chi connectivity index (χ1n) is 4.13. The first kappa shape index (κ1) is 8.84. The molecule has 3 nitrogen and oxygen atoms in total. The van der Waals surface area contributed by atoms with Crippen LogP contribution in [0.15, 0.2) is 24.5 Å². The second-order valence-corrected chi connectivity index (χ2v) is 2.85. The first-order valence-corrected chi connectivity index (χ1v) is 4.13. The van der Waals surface area contributed by atoms with Crippen molar-refractivity contribution in [2.24, 2.45) is 0 Å². The Kier molecular flexibility index (Phi) is 2.91. The monoisotopic (exact) mass is 165 g/mol. The fraction of sp³-hybridized carbons (Fsp3) is 0.444. The molecule has 0 bridgehead atoms. The van der Waals surface area contributed by atoms with Crippen molar-refractivity contribution in [1.82, 2.24) is 9.55 Å². The maximum atomic E-state index is 4.17. The van der Waals surface area contributed by atoms with Gasteiger partial charge in [0.05, 0.1) is 0 Å². The molecule has 0 aromatic carbocycles. The molecule has 66 valence electrons. The molecule has 0 radical (unpaired) electrons. The zero-order chi connectivity index (χ0) is 8.97. The van der Waals surface area contributed by atoms with Crippen LogP contribution in [0.3, 0.4) is 0 Å². The summed E-state index contributed by atoms with van der Waals surface area (Å²) < 4.78 is 2.06. The van der Waals surface area contributed by atoms with Gasteiger partial charge in [0.2, 0.25) is 5.95 Å². The molecule has 3 heteroatoms. The lowest BCUT2D eigenvalue weighted by molar-refractivity contribution is 0.766. The summed E-state index contributed by atoms with van der Waals surface area (Å²) in [6, 6.07) is 0. The fourth-order valence-corrected chi connectivity index (χ4v) is 0.961. The third-order valence-corrected chi connectivity index (χ3v) is 1.60. The average Bonchev–Trinajstić information content (AvgIpc) is 2.47. The van der Waals surface area contributed by atoms with Gasteiger partial charge in [-0.1, -0.05) is 12.2 Å². The summed E-state index contributed by atoms with van der Waals surface area (Å²) in [7, 11) is 0. The largest absolute Gasteiger partial charge is 0.352 e. The van der Waals surface area contributed by atoms with Gasteiger partial charge in [-0.25, -0.2) is 4.98 Å². The third-order valence-electron chi connectivity index (χ3n) is 1.60. The van der Waals surface area contributed by atoms with Gasteiger partial charge in [-0.05, 0) is 13.8 Å². The fourth-order valence-electron chi connectivity index (χ4n) is 0.961. The van der Waals surface area contributed by atoms with Crippen LogP contribution >= 0.6 is 0 Å². The van der Waals surface area contributed by atoms with E-state index in [9.17, 15) is 0 Å². The lowest BCUT2D eigenvalue weighted by Crippen LogP contribution is -2.08. The number of nitrogens with one attached hydrogen (secondary N) is 1. The Labute approximate surface area is 73.1 Å². The zero-order valence-electron chi connectivity index (χ0n) is 7.67. The minimum Gasteiger partial charge on any atom is -0.352 e. The molecule has 0 saturated carbocycles. The number of nitrogens with zero attached hydrogens (tertiary/aromatic N) is 2. The zero-order valence-corrected chi connectivity index (χ0v) is 7.67. The number of aromatic nitrogens is 2. The van der Waals surface area contributed by atoms with Crippen molar-refractivity contribution in [2.75, 3.05) is 11.9 Å². The van der Waals surface area contributed by atoms with Crippen LogP contribution in [0.1, 0.15) is 13.8 Å². The van der Waals surface area contributed by atoms with Gasteiger partial charge in [0.15, 0.2) is 0 Å². The van der Waals surface area contributed by atoms with Crippen molar-refractivity contribution in [2.45, 2.75) is 20.4 Å². The average molecular weight is 165 g/mol. The van der Waals surface area contributed by atoms with Crippen LogP contribution < -0.4 is 5.32 Å². The second-order valence-electron chi connectivity index (χ2n) is 2.85. The van der Waals surface area contributed by atoms with Gasteiger partial charge in [-0.2, -0.15) is 0 Å². The normalized spacial score (nSPS) is 9.83. The van der Waals surface area contributed by atoms with Crippen LogP contribution in [0.25, 0.3) is 0 Å². The summed E-state index contributed by atoms with van der Waals surface area (Å²) in [4.78, 5) is 4.17. The van der Waals surface area contributed by atoms with Crippen LogP contribution in [-0.2, 0) is 6.54 Å². The molecule has 0 aliphatic carbocycles. The van der Waals surface area contributed by atoms with E-state index in [0.717, 1.165) is 24.6 Å². The Balaban J connectivity index is 2.56. The smallest absolute Gasteiger partial charge is 0.203 e. The third kappa shape index (κ3) is 2.12. The van der Waals surface area contributed by atoms with Gasteiger partial charge >= 0.3 is 0 Å². The van der Waals surface area contributed by atoms with Crippen molar-refractivity contribution in [3.05, 3.63) is 24.5 Å². The Morgan fingerprint density at radius 1 is 1.75 bits per heavy atom. The quantitative estimate of drug-likeness (QED) is 0.690. The van der Waals surface area contributed by atoms with Gasteiger partial charge in [-0.15, -0.1) is 0 Å². The van der Waals surface area contributed by atoms with E-state index in [1.807, 2.05) is 13.1 Å². The maximum Gasteiger partial charge on any atom is 0.203 e. The molecule has 0 aliphatic rings.